The van der Waals surface area contributed by atoms with Gasteiger partial charge in [-0.25, -0.2) is 0 Å². The molecular weight excluding hydrogens is 200 g/mol. The summed E-state index contributed by atoms with van der Waals surface area (Å²) in [4.78, 5) is 2.37. The summed E-state index contributed by atoms with van der Waals surface area (Å²) < 4.78 is 1.96. The second kappa shape index (κ2) is 4.18. The van der Waals surface area contributed by atoms with Gasteiger partial charge in [-0.05, 0) is 40.3 Å². The number of aromatic nitrogens is 2. The molecule has 4 nitrogen and oxygen atoms in total. The van der Waals surface area contributed by atoms with E-state index >= 15 is 0 Å². The van der Waals surface area contributed by atoms with E-state index in [1.807, 2.05) is 11.7 Å². The standard InChI is InChI=1S/C12H22N4/c1-8-11(9(2)16(4)14-8)12-10(13)6-5-7-15(12)3/h10,12H,5-7,13H2,1-4H3. The van der Waals surface area contributed by atoms with E-state index in [9.17, 15) is 0 Å². The van der Waals surface area contributed by atoms with Crippen molar-refractivity contribution in [1.29, 1.82) is 0 Å². The maximum atomic E-state index is 6.27. The highest BCUT2D eigenvalue weighted by Gasteiger charge is 2.31. The Morgan fingerprint density at radius 2 is 2.00 bits per heavy atom. The highest BCUT2D eigenvalue weighted by molar-refractivity contribution is 5.30. The summed E-state index contributed by atoms with van der Waals surface area (Å²) >= 11 is 0. The molecule has 0 bridgehead atoms. The van der Waals surface area contributed by atoms with Crippen LogP contribution < -0.4 is 5.73 Å². The molecule has 0 aromatic carbocycles. The number of piperidine rings is 1. The van der Waals surface area contributed by atoms with Crippen LogP contribution in [0, 0.1) is 13.8 Å². The quantitative estimate of drug-likeness (QED) is 0.775. The Morgan fingerprint density at radius 3 is 2.50 bits per heavy atom. The molecule has 0 saturated carbocycles. The molecule has 16 heavy (non-hydrogen) atoms. The summed E-state index contributed by atoms with van der Waals surface area (Å²) in [5.41, 5.74) is 9.96. The zero-order chi connectivity index (χ0) is 11.9. The Morgan fingerprint density at radius 1 is 1.31 bits per heavy atom. The number of nitrogens with zero attached hydrogens (tertiary/aromatic N) is 3. The first-order valence-corrected chi connectivity index (χ1v) is 5.98. The molecule has 4 heteroatoms. The van der Waals surface area contributed by atoms with Crippen LogP contribution in [0.15, 0.2) is 0 Å². The third-order valence-electron chi connectivity index (χ3n) is 3.79. The summed E-state index contributed by atoms with van der Waals surface area (Å²) in [6.45, 7) is 5.34. The highest BCUT2D eigenvalue weighted by Crippen LogP contribution is 2.32. The van der Waals surface area contributed by atoms with Crippen LogP contribution in [0.3, 0.4) is 0 Å². The molecule has 2 rings (SSSR count). The number of likely N-dealkylation sites (N-methyl/N-ethyl adjacent to an activating group) is 1. The van der Waals surface area contributed by atoms with Crippen LogP contribution in [-0.4, -0.2) is 34.3 Å². The summed E-state index contributed by atoms with van der Waals surface area (Å²) in [6.07, 6.45) is 2.31. The Hall–Kier alpha value is -0.870. The topological polar surface area (TPSA) is 47.1 Å². The van der Waals surface area contributed by atoms with Crippen molar-refractivity contribution < 1.29 is 0 Å². The van der Waals surface area contributed by atoms with Crippen molar-refractivity contribution >= 4 is 0 Å². The van der Waals surface area contributed by atoms with Crippen molar-refractivity contribution in [2.75, 3.05) is 13.6 Å². The van der Waals surface area contributed by atoms with Crippen LogP contribution in [-0.2, 0) is 7.05 Å². The molecule has 1 saturated heterocycles. The Bertz CT molecular complexity index is 373. The lowest BCUT2D eigenvalue weighted by Gasteiger charge is -2.37. The van der Waals surface area contributed by atoms with Crippen molar-refractivity contribution in [2.45, 2.75) is 38.8 Å². The minimum Gasteiger partial charge on any atom is -0.326 e. The fraction of sp³-hybridized carbons (Fsp3) is 0.750. The molecule has 0 amide bonds. The van der Waals surface area contributed by atoms with Crippen molar-refractivity contribution in [3.05, 3.63) is 17.0 Å². The van der Waals surface area contributed by atoms with Crippen molar-refractivity contribution in [1.82, 2.24) is 14.7 Å². The van der Waals surface area contributed by atoms with Gasteiger partial charge < -0.3 is 5.73 Å². The van der Waals surface area contributed by atoms with Gasteiger partial charge in [0.2, 0.25) is 0 Å². The average molecular weight is 222 g/mol. The van der Waals surface area contributed by atoms with Gasteiger partial charge in [0.05, 0.1) is 11.7 Å². The first kappa shape index (κ1) is 11.6. The average Bonchev–Trinajstić information content (AvgIpc) is 2.44. The normalized spacial score (nSPS) is 27.3. The van der Waals surface area contributed by atoms with E-state index in [0.29, 0.717) is 6.04 Å². The van der Waals surface area contributed by atoms with Gasteiger partial charge >= 0.3 is 0 Å². The van der Waals surface area contributed by atoms with Crippen molar-refractivity contribution in [3.8, 4) is 0 Å². The minimum atomic E-state index is 0.236. The van der Waals surface area contributed by atoms with E-state index < -0.39 is 0 Å². The van der Waals surface area contributed by atoms with Crippen LogP contribution in [0.1, 0.15) is 35.8 Å². The predicted molar refractivity (Wildman–Crippen MR) is 65.3 cm³/mol. The summed E-state index contributed by atoms with van der Waals surface area (Å²) in [6, 6.07) is 0.572. The molecule has 0 aliphatic carbocycles. The smallest absolute Gasteiger partial charge is 0.0644 e. The first-order valence-electron chi connectivity index (χ1n) is 5.98. The lowest BCUT2D eigenvalue weighted by Crippen LogP contribution is -2.44. The molecule has 2 heterocycles. The first-order chi connectivity index (χ1) is 7.52. The van der Waals surface area contributed by atoms with Gasteiger partial charge in [0.1, 0.15) is 0 Å². The molecule has 0 spiro atoms. The largest absolute Gasteiger partial charge is 0.326 e. The van der Waals surface area contributed by atoms with Gasteiger partial charge in [-0.2, -0.15) is 5.10 Å². The van der Waals surface area contributed by atoms with Gasteiger partial charge in [-0.3, -0.25) is 9.58 Å². The van der Waals surface area contributed by atoms with Gasteiger partial charge in [0.25, 0.3) is 0 Å². The molecular formula is C12H22N4. The Kier molecular flexibility index (Phi) is 3.04. The molecule has 2 N–H and O–H groups in total. The third-order valence-corrected chi connectivity index (χ3v) is 3.79. The molecule has 2 unspecified atom stereocenters. The van der Waals surface area contributed by atoms with E-state index in [1.165, 1.54) is 17.7 Å². The van der Waals surface area contributed by atoms with Crippen molar-refractivity contribution in [3.63, 3.8) is 0 Å². The van der Waals surface area contributed by atoms with Crippen LogP contribution >= 0.6 is 0 Å². The zero-order valence-electron chi connectivity index (χ0n) is 10.7. The lowest BCUT2D eigenvalue weighted by atomic mass is 9.90. The molecule has 1 aromatic heterocycles. The number of likely N-dealkylation sites (tertiary alicyclic amines) is 1. The Balaban J connectivity index is 2.41. The van der Waals surface area contributed by atoms with Gasteiger partial charge in [0, 0.05) is 24.3 Å². The SMILES string of the molecule is Cc1nn(C)c(C)c1C1C(N)CCCN1C. The van der Waals surface area contributed by atoms with Crippen molar-refractivity contribution in [2.24, 2.45) is 12.8 Å². The van der Waals surface area contributed by atoms with Crippen LogP contribution in [0.25, 0.3) is 0 Å². The van der Waals surface area contributed by atoms with Crippen LogP contribution in [0.2, 0.25) is 0 Å². The number of aryl methyl sites for hydroxylation is 2. The van der Waals surface area contributed by atoms with Crippen LogP contribution in [0.4, 0.5) is 0 Å². The molecule has 1 aromatic rings. The highest BCUT2D eigenvalue weighted by atomic mass is 15.3. The molecule has 0 radical (unpaired) electrons. The van der Waals surface area contributed by atoms with E-state index in [4.69, 9.17) is 5.73 Å². The van der Waals surface area contributed by atoms with Gasteiger partial charge in [0.15, 0.2) is 0 Å². The van der Waals surface area contributed by atoms with E-state index in [0.717, 1.165) is 18.7 Å². The van der Waals surface area contributed by atoms with E-state index in [2.05, 4.69) is 30.9 Å². The maximum Gasteiger partial charge on any atom is 0.0644 e. The minimum absolute atomic E-state index is 0.236. The van der Waals surface area contributed by atoms with Gasteiger partial charge in [-0.15, -0.1) is 0 Å². The second-order valence-electron chi connectivity index (χ2n) is 4.94. The fourth-order valence-corrected chi connectivity index (χ4v) is 2.85. The number of nitrogens with two attached hydrogens (primary N) is 1. The molecule has 1 aliphatic rings. The second-order valence-corrected chi connectivity index (χ2v) is 4.94. The molecule has 90 valence electrons. The predicted octanol–water partition coefficient (Wildman–Crippen LogP) is 1.13. The molecule has 2 atom stereocenters. The zero-order valence-corrected chi connectivity index (χ0v) is 10.7. The lowest BCUT2D eigenvalue weighted by molar-refractivity contribution is 0.161. The fourth-order valence-electron chi connectivity index (χ4n) is 2.85. The monoisotopic (exact) mass is 222 g/mol. The number of hydrogen-bond donors (Lipinski definition) is 1. The van der Waals surface area contributed by atoms with E-state index in [1.54, 1.807) is 0 Å². The van der Waals surface area contributed by atoms with Gasteiger partial charge in [-0.1, -0.05) is 0 Å². The number of rotatable bonds is 1. The van der Waals surface area contributed by atoms with Crippen LogP contribution in [0.5, 0.6) is 0 Å². The summed E-state index contributed by atoms with van der Waals surface area (Å²) in [5, 5.41) is 4.49. The molecule has 1 fully saturated rings. The van der Waals surface area contributed by atoms with E-state index in [-0.39, 0.29) is 6.04 Å². The molecule has 1 aliphatic heterocycles. The third kappa shape index (κ3) is 1.76. The maximum absolute atomic E-state index is 6.27. The summed E-state index contributed by atoms with van der Waals surface area (Å²) in [5.74, 6) is 0. The summed E-state index contributed by atoms with van der Waals surface area (Å²) in [7, 11) is 4.16. The Labute approximate surface area is 97.4 Å². The number of hydrogen-bond acceptors (Lipinski definition) is 3.